The summed E-state index contributed by atoms with van der Waals surface area (Å²) in [5.74, 6) is 2.35. The number of benzene rings is 3. The van der Waals surface area contributed by atoms with Crippen molar-refractivity contribution in [2.24, 2.45) is 0 Å². The van der Waals surface area contributed by atoms with Gasteiger partial charge in [0.1, 0.15) is 12.4 Å². The largest absolute Gasteiger partial charge is 0.489 e. The minimum absolute atomic E-state index is 0.462. The van der Waals surface area contributed by atoms with E-state index >= 15 is 0 Å². The maximum Gasteiger partial charge on any atom is 0.258 e. The van der Waals surface area contributed by atoms with Gasteiger partial charge in [0.25, 0.3) is 5.89 Å². The highest BCUT2D eigenvalue weighted by Crippen LogP contribution is 2.28. The Kier molecular flexibility index (Phi) is 5.53. The van der Waals surface area contributed by atoms with Gasteiger partial charge in [-0.05, 0) is 59.9 Å². The summed E-state index contributed by atoms with van der Waals surface area (Å²) >= 11 is 0. The van der Waals surface area contributed by atoms with Crippen molar-refractivity contribution in [3.63, 3.8) is 0 Å². The number of anilines is 1. The summed E-state index contributed by atoms with van der Waals surface area (Å²) in [7, 11) is 0. The van der Waals surface area contributed by atoms with Crippen molar-refractivity contribution in [2.75, 3.05) is 5.73 Å². The Balaban J connectivity index is 1.50. The van der Waals surface area contributed by atoms with Gasteiger partial charge in [-0.3, -0.25) is 0 Å². The van der Waals surface area contributed by atoms with Crippen LogP contribution in [-0.4, -0.2) is 10.1 Å². The highest BCUT2D eigenvalue weighted by atomic mass is 16.5. The van der Waals surface area contributed by atoms with Crippen molar-refractivity contribution in [3.05, 3.63) is 83.4 Å². The first-order valence-electron chi connectivity index (χ1n) is 10.0. The van der Waals surface area contributed by atoms with E-state index in [1.807, 2.05) is 61.5 Å². The number of hydrogen-bond acceptors (Lipinski definition) is 5. The van der Waals surface area contributed by atoms with E-state index in [0.717, 1.165) is 28.0 Å². The van der Waals surface area contributed by atoms with Crippen LogP contribution < -0.4 is 10.5 Å². The van der Waals surface area contributed by atoms with E-state index < -0.39 is 0 Å². The van der Waals surface area contributed by atoms with Crippen molar-refractivity contribution in [1.82, 2.24) is 10.1 Å². The van der Waals surface area contributed by atoms with Gasteiger partial charge in [-0.1, -0.05) is 55.4 Å². The SMILES string of the molecule is Cc1c(N)cccc1-c1noc(-c2cccc(COc3ccc(C(C)C)cc3)c2)n1. The van der Waals surface area contributed by atoms with Gasteiger partial charge in [-0.25, -0.2) is 0 Å². The fourth-order valence-electron chi connectivity index (χ4n) is 3.26. The fraction of sp³-hybridized carbons (Fsp3) is 0.200. The lowest BCUT2D eigenvalue weighted by molar-refractivity contribution is 0.306. The molecule has 0 bridgehead atoms. The van der Waals surface area contributed by atoms with Crippen molar-refractivity contribution in [2.45, 2.75) is 33.3 Å². The lowest BCUT2D eigenvalue weighted by Crippen LogP contribution is -1.96. The molecule has 152 valence electrons. The normalized spacial score (nSPS) is 11.1. The van der Waals surface area contributed by atoms with Crippen LogP contribution in [0.1, 0.15) is 36.5 Å². The predicted octanol–water partition coefficient (Wildman–Crippen LogP) is 6.00. The Morgan fingerprint density at radius 1 is 1.00 bits per heavy atom. The predicted molar refractivity (Wildman–Crippen MR) is 119 cm³/mol. The zero-order chi connectivity index (χ0) is 21.1. The van der Waals surface area contributed by atoms with Crippen LogP contribution >= 0.6 is 0 Å². The number of nitrogens with zero attached hydrogens (tertiary/aromatic N) is 2. The molecule has 0 spiro atoms. The number of ether oxygens (including phenoxy) is 1. The van der Waals surface area contributed by atoms with Crippen LogP contribution in [0.2, 0.25) is 0 Å². The summed E-state index contributed by atoms with van der Waals surface area (Å²) in [6.07, 6.45) is 0. The van der Waals surface area contributed by atoms with Crippen LogP contribution in [0.25, 0.3) is 22.8 Å². The minimum atomic E-state index is 0.462. The maximum atomic E-state index is 6.00. The molecular weight excluding hydrogens is 374 g/mol. The van der Waals surface area contributed by atoms with Crippen molar-refractivity contribution in [1.29, 1.82) is 0 Å². The molecule has 4 aromatic rings. The van der Waals surface area contributed by atoms with Gasteiger partial charge >= 0.3 is 0 Å². The van der Waals surface area contributed by atoms with Crippen LogP contribution in [0.3, 0.4) is 0 Å². The molecule has 0 atom stereocenters. The standard InChI is InChI=1S/C25H25N3O2/c1-16(2)19-10-12-21(13-11-19)29-15-18-6-4-7-20(14-18)25-27-24(28-30-25)22-8-5-9-23(26)17(22)3/h4-14,16H,15,26H2,1-3H3. The third-order valence-electron chi connectivity index (χ3n) is 5.17. The van der Waals surface area contributed by atoms with Gasteiger partial charge < -0.3 is 15.0 Å². The van der Waals surface area contributed by atoms with E-state index in [1.165, 1.54) is 5.56 Å². The highest BCUT2D eigenvalue weighted by molar-refractivity contribution is 5.69. The Hall–Kier alpha value is -3.60. The number of nitrogen functional groups attached to an aromatic ring is 1. The summed E-state index contributed by atoms with van der Waals surface area (Å²) in [6.45, 7) is 6.77. The molecule has 0 fully saturated rings. The molecule has 0 unspecified atom stereocenters. The van der Waals surface area contributed by atoms with Crippen molar-refractivity contribution < 1.29 is 9.26 Å². The lowest BCUT2D eigenvalue weighted by atomic mass is 10.0. The van der Waals surface area contributed by atoms with E-state index in [2.05, 4.69) is 36.1 Å². The molecule has 4 rings (SSSR count). The van der Waals surface area contributed by atoms with E-state index in [9.17, 15) is 0 Å². The quantitative estimate of drug-likeness (QED) is 0.403. The van der Waals surface area contributed by atoms with Gasteiger partial charge in [0.2, 0.25) is 5.82 Å². The average Bonchev–Trinajstić information content (AvgIpc) is 3.25. The van der Waals surface area contributed by atoms with Crippen molar-refractivity contribution in [3.8, 4) is 28.6 Å². The Labute approximate surface area is 176 Å². The molecule has 2 N–H and O–H groups in total. The number of nitrogens with two attached hydrogens (primary N) is 1. The molecule has 0 radical (unpaired) electrons. The summed E-state index contributed by atoms with van der Waals surface area (Å²) in [5, 5.41) is 4.14. The maximum absolute atomic E-state index is 6.00. The fourth-order valence-corrected chi connectivity index (χ4v) is 3.26. The number of aromatic nitrogens is 2. The molecule has 1 aromatic heterocycles. The molecule has 5 nitrogen and oxygen atoms in total. The summed E-state index contributed by atoms with van der Waals surface area (Å²) in [6, 6.07) is 21.9. The van der Waals surface area contributed by atoms with Crippen LogP contribution in [0, 0.1) is 6.92 Å². The first-order chi connectivity index (χ1) is 14.5. The van der Waals surface area contributed by atoms with E-state index in [1.54, 1.807) is 0 Å². The van der Waals surface area contributed by atoms with Gasteiger partial charge in [-0.15, -0.1) is 0 Å². The third-order valence-corrected chi connectivity index (χ3v) is 5.17. The average molecular weight is 399 g/mol. The summed E-state index contributed by atoms with van der Waals surface area (Å²) in [4.78, 5) is 4.56. The highest BCUT2D eigenvalue weighted by Gasteiger charge is 2.14. The number of rotatable bonds is 6. The monoisotopic (exact) mass is 399 g/mol. The van der Waals surface area contributed by atoms with Crippen LogP contribution in [0.4, 0.5) is 5.69 Å². The number of hydrogen-bond donors (Lipinski definition) is 1. The molecule has 3 aromatic carbocycles. The second kappa shape index (κ2) is 8.41. The summed E-state index contributed by atoms with van der Waals surface area (Å²) < 4.78 is 11.5. The molecular formula is C25H25N3O2. The van der Waals surface area contributed by atoms with Gasteiger partial charge in [0, 0.05) is 16.8 Å². The molecule has 30 heavy (non-hydrogen) atoms. The van der Waals surface area contributed by atoms with Gasteiger partial charge in [0.05, 0.1) is 0 Å². The molecule has 0 aliphatic carbocycles. The Morgan fingerprint density at radius 3 is 2.53 bits per heavy atom. The van der Waals surface area contributed by atoms with E-state index in [0.29, 0.717) is 29.9 Å². The molecule has 0 aliphatic heterocycles. The van der Waals surface area contributed by atoms with Crippen LogP contribution in [0.15, 0.2) is 71.3 Å². The van der Waals surface area contributed by atoms with Gasteiger partial charge in [0.15, 0.2) is 0 Å². The van der Waals surface area contributed by atoms with Gasteiger partial charge in [-0.2, -0.15) is 4.98 Å². The lowest BCUT2D eigenvalue weighted by Gasteiger charge is -2.09. The Bertz CT molecular complexity index is 1150. The van der Waals surface area contributed by atoms with Crippen molar-refractivity contribution >= 4 is 5.69 Å². The third kappa shape index (κ3) is 4.20. The van der Waals surface area contributed by atoms with E-state index in [4.69, 9.17) is 15.0 Å². The second-order valence-corrected chi connectivity index (χ2v) is 7.66. The first-order valence-corrected chi connectivity index (χ1v) is 10.0. The molecule has 0 saturated carbocycles. The van der Waals surface area contributed by atoms with Crippen LogP contribution in [0.5, 0.6) is 5.75 Å². The molecule has 5 heteroatoms. The van der Waals surface area contributed by atoms with Crippen LogP contribution in [-0.2, 0) is 6.61 Å². The molecule has 0 aliphatic rings. The van der Waals surface area contributed by atoms with E-state index in [-0.39, 0.29) is 0 Å². The molecule has 0 saturated heterocycles. The zero-order valence-corrected chi connectivity index (χ0v) is 17.4. The minimum Gasteiger partial charge on any atom is -0.489 e. The second-order valence-electron chi connectivity index (χ2n) is 7.66. The zero-order valence-electron chi connectivity index (χ0n) is 17.4. The Morgan fingerprint density at radius 2 is 1.77 bits per heavy atom. The molecule has 1 heterocycles. The molecule has 0 amide bonds. The topological polar surface area (TPSA) is 74.2 Å². The first kappa shape index (κ1) is 19.7. The summed E-state index contributed by atoms with van der Waals surface area (Å²) in [5.41, 5.74) is 11.7. The smallest absolute Gasteiger partial charge is 0.258 e.